The monoisotopic (exact) mass is 408 g/mol. The van der Waals surface area contributed by atoms with Crippen molar-refractivity contribution in [3.8, 4) is 28.4 Å². The third-order valence-corrected chi connectivity index (χ3v) is 4.94. The van der Waals surface area contributed by atoms with E-state index in [9.17, 15) is 13.2 Å². The lowest BCUT2D eigenvalue weighted by molar-refractivity contribution is -0.137. The number of aryl methyl sites for hydroxylation is 1. The van der Waals surface area contributed by atoms with E-state index < -0.39 is 11.7 Å². The minimum atomic E-state index is -4.42. The molecule has 0 N–H and O–H groups in total. The van der Waals surface area contributed by atoms with Gasteiger partial charge >= 0.3 is 6.18 Å². The first kappa shape index (κ1) is 19.8. The molecule has 2 nitrogen and oxygen atoms in total. The highest BCUT2D eigenvalue weighted by Crippen LogP contribution is 2.44. The zero-order chi connectivity index (χ0) is 21.3. The average molecular weight is 408 g/mol. The molecule has 5 heteroatoms. The fourth-order valence-corrected chi connectivity index (χ4v) is 3.54. The zero-order valence-corrected chi connectivity index (χ0v) is 16.5. The highest BCUT2D eigenvalue weighted by atomic mass is 19.4. The number of para-hydroxylation sites is 1. The number of fused-ring (bicyclic) bond motifs is 1. The molecule has 4 aromatic rings. The highest BCUT2D eigenvalue weighted by molar-refractivity contribution is 5.97. The van der Waals surface area contributed by atoms with Gasteiger partial charge in [0.2, 0.25) is 0 Å². The molecular weight excluding hydrogens is 389 g/mol. The van der Waals surface area contributed by atoms with E-state index in [2.05, 4.69) is 0 Å². The van der Waals surface area contributed by atoms with Gasteiger partial charge in [-0.05, 0) is 65.9 Å². The molecule has 0 radical (unpaired) electrons. The maximum atomic E-state index is 13.3. The maximum absolute atomic E-state index is 13.3. The lowest BCUT2D eigenvalue weighted by Crippen LogP contribution is -2.04. The Kier molecular flexibility index (Phi) is 5.12. The number of hydrogen-bond donors (Lipinski definition) is 0. The summed E-state index contributed by atoms with van der Waals surface area (Å²) in [4.78, 5) is 0. The van der Waals surface area contributed by atoms with Crippen LogP contribution in [0.1, 0.15) is 11.1 Å². The molecule has 0 aliphatic carbocycles. The van der Waals surface area contributed by atoms with Crippen LogP contribution in [-0.4, -0.2) is 7.11 Å². The van der Waals surface area contributed by atoms with Crippen LogP contribution in [0.3, 0.4) is 0 Å². The van der Waals surface area contributed by atoms with Crippen LogP contribution < -0.4 is 9.47 Å². The van der Waals surface area contributed by atoms with E-state index in [-0.39, 0.29) is 0 Å². The Morgan fingerprint density at radius 3 is 2.23 bits per heavy atom. The van der Waals surface area contributed by atoms with E-state index in [1.54, 1.807) is 13.2 Å². The third kappa shape index (κ3) is 3.83. The molecule has 0 saturated heterocycles. The number of alkyl halides is 3. The first-order chi connectivity index (χ1) is 14.4. The Hall–Kier alpha value is -3.47. The zero-order valence-electron chi connectivity index (χ0n) is 16.5. The van der Waals surface area contributed by atoms with E-state index in [1.165, 1.54) is 6.07 Å². The van der Waals surface area contributed by atoms with Gasteiger partial charge in [0.25, 0.3) is 0 Å². The molecule has 0 aliphatic rings. The first-order valence-corrected chi connectivity index (χ1v) is 9.39. The highest BCUT2D eigenvalue weighted by Gasteiger charge is 2.31. The summed E-state index contributed by atoms with van der Waals surface area (Å²) in [5.41, 5.74) is 1.19. The summed E-state index contributed by atoms with van der Waals surface area (Å²) in [6.07, 6.45) is -4.42. The molecule has 0 fully saturated rings. The van der Waals surface area contributed by atoms with Crippen molar-refractivity contribution < 1.29 is 22.6 Å². The Morgan fingerprint density at radius 2 is 1.53 bits per heavy atom. The summed E-state index contributed by atoms with van der Waals surface area (Å²) in [5, 5.41) is 1.67. The molecule has 0 bridgehead atoms. The van der Waals surface area contributed by atoms with E-state index in [0.29, 0.717) is 28.4 Å². The van der Waals surface area contributed by atoms with Crippen molar-refractivity contribution in [3.63, 3.8) is 0 Å². The predicted octanol–water partition coefficient (Wildman–Crippen LogP) is 7.63. The van der Waals surface area contributed by atoms with Crippen molar-refractivity contribution in [1.82, 2.24) is 0 Å². The van der Waals surface area contributed by atoms with Crippen LogP contribution in [0.15, 0.2) is 78.9 Å². The number of ether oxygens (including phenoxy) is 2. The minimum Gasteiger partial charge on any atom is -0.497 e. The van der Waals surface area contributed by atoms with Crippen LogP contribution in [0.2, 0.25) is 0 Å². The second kappa shape index (κ2) is 7.75. The van der Waals surface area contributed by atoms with Crippen molar-refractivity contribution in [2.24, 2.45) is 0 Å². The predicted molar refractivity (Wildman–Crippen MR) is 112 cm³/mol. The normalized spacial score (nSPS) is 11.5. The molecule has 0 aliphatic heterocycles. The van der Waals surface area contributed by atoms with Gasteiger partial charge in [-0.1, -0.05) is 36.4 Å². The van der Waals surface area contributed by atoms with Crippen LogP contribution in [0.25, 0.3) is 21.9 Å². The van der Waals surface area contributed by atoms with E-state index in [4.69, 9.17) is 9.47 Å². The van der Waals surface area contributed by atoms with Gasteiger partial charge in [0.1, 0.15) is 17.2 Å². The molecule has 0 aromatic heterocycles. The quantitative estimate of drug-likeness (QED) is 0.345. The fourth-order valence-electron chi connectivity index (χ4n) is 3.54. The molecule has 0 saturated carbocycles. The molecule has 152 valence electrons. The molecular formula is C25H19F3O2. The number of halogens is 3. The van der Waals surface area contributed by atoms with Gasteiger partial charge < -0.3 is 9.47 Å². The molecule has 0 atom stereocenters. The van der Waals surface area contributed by atoms with Crippen molar-refractivity contribution in [2.75, 3.05) is 7.11 Å². The maximum Gasteiger partial charge on any atom is 0.416 e. The average Bonchev–Trinajstić information content (AvgIpc) is 2.73. The van der Waals surface area contributed by atoms with Crippen LogP contribution in [0, 0.1) is 6.92 Å². The summed E-state index contributed by atoms with van der Waals surface area (Å²) in [6.45, 7) is 1.87. The molecule has 4 aromatic carbocycles. The largest absolute Gasteiger partial charge is 0.497 e. The Morgan fingerprint density at radius 1 is 0.767 bits per heavy atom. The Labute approximate surface area is 172 Å². The first-order valence-electron chi connectivity index (χ1n) is 9.39. The van der Waals surface area contributed by atoms with E-state index in [0.717, 1.165) is 28.5 Å². The topological polar surface area (TPSA) is 18.5 Å². The van der Waals surface area contributed by atoms with Gasteiger partial charge in [-0.3, -0.25) is 0 Å². The third-order valence-electron chi connectivity index (χ3n) is 4.94. The van der Waals surface area contributed by atoms with E-state index in [1.807, 2.05) is 61.5 Å². The van der Waals surface area contributed by atoms with Gasteiger partial charge in [-0.2, -0.15) is 13.2 Å². The van der Waals surface area contributed by atoms with Crippen molar-refractivity contribution in [2.45, 2.75) is 13.1 Å². The Bertz CT molecular complexity index is 1200. The summed E-state index contributed by atoms with van der Waals surface area (Å²) >= 11 is 0. The molecule has 0 spiro atoms. The summed E-state index contributed by atoms with van der Waals surface area (Å²) in [6, 6.07) is 22.0. The number of rotatable bonds is 4. The SMILES string of the molecule is COc1ccc2c(Oc3ccccc3)c(-c3cccc(C(F)(F)F)c3)c(C)cc2c1. The van der Waals surface area contributed by atoms with Crippen molar-refractivity contribution in [1.29, 1.82) is 0 Å². The van der Waals surface area contributed by atoms with Crippen LogP contribution in [0.4, 0.5) is 13.2 Å². The lowest BCUT2D eigenvalue weighted by Gasteiger charge is -2.18. The van der Waals surface area contributed by atoms with Gasteiger partial charge in [-0.15, -0.1) is 0 Å². The van der Waals surface area contributed by atoms with Gasteiger partial charge in [-0.25, -0.2) is 0 Å². The minimum absolute atomic E-state index is 0.450. The van der Waals surface area contributed by atoms with E-state index >= 15 is 0 Å². The van der Waals surface area contributed by atoms with Crippen LogP contribution in [-0.2, 0) is 6.18 Å². The summed E-state index contributed by atoms with van der Waals surface area (Å²) < 4.78 is 51.5. The standard InChI is InChI=1S/C25H19F3O2/c1-16-13-18-15-21(29-2)11-12-22(18)24(30-20-9-4-3-5-10-20)23(16)17-7-6-8-19(14-17)25(26,27)28/h3-15H,1-2H3. The van der Waals surface area contributed by atoms with Crippen LogP contribution >= 0.6 is 0 Å². The van der Waals surface area contributed by atoms with Crippen molar-refractivity contribution >= 4 is 10.8 Å². The second-order valence-corrected chi connectivity index (χ2v) is 6.98. The molecule has 0 heterocycles. The molecule has 30 heavy (non-hydrogen) atoms. The smallest absolute Gasteiger partial charge is 0.416 e. The fraction of sp³-hybridized carbons (Fsp3) is 0.120. The molecule has 0 unspecified atom stereocenters. The number of benzene rings is 4. The van der Waals surface area contributed by atoms with Gasteiger partial charge in [0.15, 0.2) is 0 Å². The number of methoxy groups -OCH3 is 1. The summed E-state index contributed by atoms with van der Waals surface area (Å²) in [7, 11) is 1.59. The lowest BCUT2D eigenvalue weighted by atomic mass is 9.93. The van der Waals surface area contributed by atoms with Crippen LogP contribution in [0.5, 0.6) is 17.2 Å². The summed E-state index contributed by atoms with van der Waals surface area (Å²) in [5.74, 6) is 1.81. The molecule has 0 amide bonds. The second-order valence-electron chi connectivity index (χ2n) is 6.98. The number of hydrogen-bond acceptors (Lipinski definition) is 2. The van der Waals surface area contributed by atoms with Gasteiger partial charge in [0.05, 0.1) is 12.7 Å². The van der Waals surface area contributed by atoms with Gasteiger partial charge in [0, 0.05) is 10.9 Å². The molecule has 4 rings (SSSR count). The van der Waals surface area contributed by atoms with Crippen molar-refractivity contribution in [3.05, 3.63) is 90.0 Å². The Balaban J connectivity index is 1.99.